The molecule has 0 heterocycles. The van der Waals surface area contributed by atoms with Crippen LogP contribution < -0.4 is 5.32 Å². The molecular formula is C12H24F3NO. The molecule has 0 rings (SSSR count). The van der Waals surface area contributed by atoms with Gasteiger partial charge in [0.1, 0.15) is 0 Å². The summed E-state index contributed by atoms with van der Waals surface area (Å²) < 4.78 is 35.9. The molecule has 0 saturated heterocycles. The molecule has 0 amide bonds. The van der Waals surface area contributed by atoms with E-state index in [1.54, 1.807) is 0 Å². The highest BCUT2D eigenvalue weighted by atomic mass is 19.4. The fourth-order valence-corrected chi connectivity index (χ4v) is 1.81. The number of halogens is 3. The van der Waals surface area contributed by atoms with Crippen molar-refractivity contribution in [2.24, 2.45) is 5.92 Å². The van der Waals surface area contributed by atoms with Gasteiger partial charge >= 0.3 is 6.18 Å². The molecule has 104 valence electrons. The Kier molecular flexibility index (Phi) is 7.79. The van der Waals surface area contributed by atoms with Crippen molar-refractivity contribution in [3.8, 4) is 0 Å². The van der Waals surface area contributed by atoms with Gasteiger partial charge in [0.25, 0.3) is 0 Å². The SMILES string of the molecule is CC(CCCC(F)(F)F)NC(CCO)C(C)C. The van der Waals surface area contributed by atoms with Crippen LogP contribution in [0.5, 0.6) is 0 Å². The second kappa shape index (κ2) is 7.93. The van der Waals surface area contributed by atoms with Crippen molar-refractivity contribution >= 4 is 0 Å². The minimum absolute atomic E-state index is 0.0521. The van der Waals surface area contributed by atoms with Gasteiger partial charge in [-0.15, -0.1) is 0 Å². The van der Waals surface area contributed by atoms with E-state index in [1.165, 1.54) is 0 Å². The second-order valence-corrected chi connectivity index (χ2v) is 4.94. The zero-order valence-electron chi connectivity index (χ0n) is 10.8. The van der Waals surface area contributed by atoms with Crippen LogP contribution in [0.25, 0.3) is 0 Å². The van der Waals surface area contributed by atoms with E-state index >= 15 is 0 Å². The maximum Gasteiger partial charge on any atom is 0.389 e. The third-order valence-electron chi connectivity index (χ3n) is 2.84. The van der Waals surface area contributed by atoms with Crippen LogP contribution in [0.2, 0.25) is 0 Å². The fourth-order valence-electron chi connectivity index (χ4n) is 1.81. The van der Waals surface area contributed by atoms with E-state index in [0.29, 0.717) is 18.8 Å². The van der Waals surface area contributed by atoms with E-state index in [4.69, 9.17) is 5.11 Å². The topological polar surface area (TPSA) is 32.3 Å². The Hall–Kier alpha value is -0.290. The Bertz CT molecular complexity index is 195. The number of alkyl halides is 3. The van der Waals surface area contributed by atoms with Gasteiger partial charge in [0.05, 0.1) is 0 Å². The van der Waals surface area contributed by atoms with Crippen LogP contribution >= 0.6 is 0 Å². The van der Waals surface area contributed by atoms with Crippen LogP contribution in [-0.2, 0) is 0 Å². The normalized spacial score (nSPS) is 16.2. The second-order valence-electron chi connectivity index (χ2n) is 4.94. The number of hydrogen-bond acceptors (Lipinski definition) is 2. The summed E-state index contributed by atoms with van der Waals surface area (Å²) in [5, 5.41) is 12.2. The molecule has 0 aromatic carbocycles. The molecule has 2 nitrogen and oxygen atoms in total. The number of hydrogen-bond donors (Lipinski definition) is 2. The molecule has 0 fully saturated rings. The quantitative estimate of drug-likeness (QED) is 0.698. The molecule has 0 aliphatic rings. The van der Waals surface area contributed by atoms with Crippen LogP contribution in [0.15, 0.2) is 0 Å². The third kappa shape index (κ3) is 9.41. The molecule has 0 bridgehead atoms. The number of rotatable bonds is 8. The van der Waals surface area contributed by atoms with E-state index in [-0.39, 0.29) is 25.1 Å². The molecule has 0 saturated carbocycles. The summed E-state index contributed by atoms with van der Waals surface area (Å²) in [6.07, 6.45) is -3.47. The van der Waals surface area contributed by atoms with Gasteiger partial charge in [-0.2, -0.15) is 13.2 Å². The Labute approximate surface area is 102 Å². The molecule has 0 aliphatic carbocycles. The lowest BCUT2D eigenvalue weighted by atomic mass is 9.99. The summed E-state index contributed by atoms with van der Waals surface area (Å²) >= 11 is 0. The molecule has 0 aliphatic heterocycles. The molecule has 17 heavy (non-hydrogen) atoms. The Morgan fingerprint density at radius 1 is 1.12 bits per heavy atom. The van der Waals surface area contributed by atoms with Gasteiger partial charge < -0.3 is 10.4 Å². The average molecular weight is 255 g/mol. The molecule has 2 unspecified atom stereocenters. The molecule has 0 aromatic rings. The standard InChI is InChI=1S/C12H24F3NO/c1-9(2)11(6-8-17)16-10(3)5-4-7-12(13,14)15/h9-11,16-17H,4-8H2,1-3H3. The number of aliphatic hydroxyl groups is 1. The molecule has 0 radical (unpaired) electrons. The van der Waals surface area contributed by atoms with Crippen LogP contribution in [0, 0.1) is 5.92 Å². The maximum absolute atomic E-state index is 12.0. The molecule has 0 spiro atoms. The lowest BCUT2D eigenvalue weighted by Gasteiger charge is -2.26. The van der Waals surface area contributed by atoms with Crippen molar-refractivity contribution in [2.75, 3.05) is 6.61 Å². The van der Waals surface area contributed by atoms with Gasteiger partial charge in [0, 0.05) is 25.1 Å². The van der Waals surface area contributed by atoms with Crippen LogP contribution in [0.1, 0.15) is 46.5 Å². The summed E-state index contributed by atoms with van der Waals surface area (Å²) in [4.78, 5) is 0. The highest BCUT2D eigenvalue weighted by Gasteiger charge is 2.26. The van der Waals surface area contributed by atoms with Gasteiger partial charge in [-0.1, -0.05) is 13.8 Å². The van der Waals surface area contributed by atoms with Gasteiger partial charge in [0.15, 0.2) is 0 Å². The molecule has 2 atom stereocenters. The number of aliphatic hydroxyl groups excluding tert-OH is 1. The van der Waals surface area contributed by atoms with Crippen molar-refractivity contribution in [1.29, 1.82) is 0 Å². The summed E-state index contributed by atoms with van der Waals surface area (Å²) in [6.45, 7) is 6.07. The largest absolute Gasteiger partial charge is 0.396 e. The molecule has 2 N–H and O–H groups in total. The highest BCUT2D eigenvalue weighted by molar-refractivity contribution is 4.74. The van der Waals surface area contributed by atoms with Crippen molar-refractivity contribution in [1.82, 2.24) is 5.32 Å². The van der Waals surface area contributed by atoms with Gasteiger partial charge in [-0.05, 0) is 32.1 Å². The molecule has 5 heteroatoms. The Balaban J connectivity index is 3.86. The van der Waals surface area contributed by atoms with Crippen LogP contribution in [0.3, 0.4) is 0 Å². The van der Waals surface area contributed by atoms with Crippen LogP contribution in [0.4, 0.5) is 13.2 Å². The van der Waals surface area contributed by atoms with Gasteiger partial charge in [0.2, 0.25) is 0 Å². The summed E-state index contributed by atoms with van der Waals surface area (Å²) in [5.41, 5.74) is 0. The predicted octanol–water partition coefficient (Wildman–Crippen LogP) is 3.10. The van der Waals surface area contributed by atoms with Crippen molar-refractivity contribution in [3.63, 3.8) is 0 Å². The van der Waals surface area contributed by atoms with Crippen molar-refractivity contribution < 1.29 is 18.3 Å². The maximum atomic E-state index is 12.0. The van der Waals surface area contributed by atoms with Gasteiger partial charge in [-0.25, -0.2) is 0 Å². The first kappa shape index (κ1) is 16.7. The summed E-state index contributed by atoms with van der Waals surface area (Å²) in [7, 11) is 0. The Morgan fingerprint density at radius 2 is 1.71 bits per heavy atom. The first-order chi connectivity index (χ1) is 7.76. The average Bonchev–Trinajstić information content (AvgIpc) is 2.14. The van der Waals surface area contributed by atoms with E-state index in [2.05, 4.69) is 5.32 Å². The zero-order chi connectivity index (χ0) is 13.5. The number of nitrogens with one attached hydrogen (secondary N) is 1. The fraction of sp³-hybridized carbons (Fsp3) is 1.00. The lowest BCUT2D eigenvalue weighted by Crippen LogP contribution is -2.40. The van der Waals surface area contributed by atoms with E-state index in [0.717, 1.165) is 0 Å². The minimum atomic E-state index is -4.05. The van der Waals surface area contributed by atoms with E-state index < -0.39 is 12.6 Å². The zero-order valence-corrected chi connectivity index (χ0v) is 10.8. The first-order valence-corrected chi connectivity index (χ1v) is 6.20. The summed E-state index contributed by atoms with van der Waals surface area (Å²) in [6, 6.07) is 0.220. The Morgan fingerprint density at radius 3 is 2.12 bits per heavy atom. The molecular weight excluding hydrogens is 231 g/mol. The predicted molar refractivity (Wildman–Crippen MR) is 62.8 cm³/mol. The van der Waals surface area contributed by atoms with Gasteiger partial charge in [-0.3, -0.25) is 0 Å². The van der Waals surface area contributed by atoms with E-state index in [9.17, 15) is 13.2 Å². The third-order valence-corrected chi connectivity index (χ3v) is 2.84. The van der Waals surface area contributed by atoms with Crippen molar-refractivity contribution in [2.45, 2.75) is 64.7 Å². The lowest BCUT2D eigenvalue weighted by molar-refractivity contribution is -0.135. The monoisotopic (exact) mass is 255 g/mol. The van der Waals surface area contributed by atoms with Crippen LogP contribution in [-0.4, -0.2) is 30.0 Å². The van der Waals surface area contributed by atoms with E-state index in [1.807, 2.05) is 20.8 Å². The summed E-state index contributed by atoms with van der Waals surface area (Å²) in [5.74, 6) is 0.368. The smallest absolute Gasteiger partial charge is 0.389 e. The molecule has 0 aromatic heterocycles. The minimum Gasteiger partial charge on any atom is -0.396 e. The highest BCUT2D eigenvalue weighted by Crippen LogP contribution is 2.22. The first-order valence-electron chi connectivity index (χ1n) is 6.20. The van der Waals surface area contributed by atoms with Crippen molar-refractivity contribution in [3.05, 3.63) is 0 Å².